The number of rotatable bonds is 7. The number of hydrogen-bond acceptors (Lipinski definition) is 3. The van der Waals surface area contributed by atoms with Gasteiger partial charge in [0.05, 0.1) is 19.3 Å². The molecule has 102 valence electrons. The monoisotopic (exact) mass is 255 g/mol. The van der Waals surface area contributed by atoms with E-state index in [2.05, 4.69) is 5.32 Å². The summed E-state index contributed by atoms with van der Waals surface area (Å²) >= 11 is 0. The van der Waals surface area contributed by atoms with Crippen LogP contribution in [0.1, 0.15) is 31.9 Å². The van der Waals surface area contributed by atoms with Crippen LogP contribution in [0.2, 0.25) is 0 Å². The van der Waals surface area contributed by atoms with Crippen molar-refractivity contribution in [3.63, 3.8) is 0 Å². The molecule has 0 aliphatic rings. The second-order valence-electron chi connectivity index (χ2n) is 4.10. The Morgan fingerprint density at radius 2 is 2.00 bits per heavy atom. The van der Waals surface area contributed by atoms with Crippen molar-refractivity contribution in [2.45, 2.75) is 32.4 Å². The molecule has 3 nitrogen and oxygen atoms in total. The zero-order chi connectivity index (χ0) is 13.5. The molecule has 2 unspecified atom stereocenters. The molecule has 0 aliphatic carbocycles. The van der Waals surface area contributed by atoms with Crippen LogP contribution in [0.3, 0.4) is 0 Å². The first-order valence-corrected chi connectivity index (χ1v) is 6.27. The predicted octanol–water partition coefficient (Wildman–Crippen LogP) is 2.91. The Hall–Kier alpha value is -1.13. The first kappa shape index (κ1) is 14.9. The van der Waals surface area contributed by atoms with E-state index in [4.69, 9.17) is 9.47 Å². The average Bonchev–Trinajstić information content (AvgIpc) is 2.39. The first-order chi connectivity index (χ1) is 8.67. The van der Waals surface area contributed by atoms with Crippen LogP contribution in [-0.2, 0) is 4.74 Å². The van der Waals surface area contributed by atoms with Crippen molar-refractivity contribution in [1.82, 2.24) is 5.32 Å². The molecule has 1 aromatic rings. The van der Waals surface area contributed by atoms with E-state index in [0.29, 0.717) is 5.75 Å². The van der Waals surface area contributed by atoms with Crippen LogP contribution < -0.4 is 10.1 Å². The zero-order valence-electron chi connectivity index (χ0n) is 11.5. The van der Waals surface area contributed by atoms with Gasteiger partial charge in [-0.25, -0.2) is 4.39 Å². The summed E-state index contributed by atoms with van der Waals surface area (Å²) in [6, 6.07) is 4.49. The molecule has 18 heavy (non-hydrogen) atoms. The third kappa shape index (κ3) is 3.43. The third-order valence-corrected chi connectivity index (χ3v) is 3.03. The van der Waals surface area contributed by atoms with Gasteiger partial charge in [-0.15, -0.1) is 0 Å². The Balaban J connectivity index is 3.14. The highest BCUT2D eigenvalue weighted by molar-refractivity contribution is 5.37. The summed E-state index contributed by atoms with van der Waals surface area (Å²) in [5, 5.41) is 3.33. The Bertz CT molecular complexity index is 367. The lowest BCUT2D eigenvalue weighted by atomic mass is 9.98. The Labute approximate surface area is 108 Å². The van der Waals surface area contributed by atoms with E-state index in [1.165, 1.54) is 12.1 Å². The molecule has 0 amide bonds. The second kappa shape index (κ2) is 7.34. The minimum atomic E-state index is -0.264. The van der Waals surface area contributed by atoms with E-state index in [9.17, 15) is 4.39 Å². The van der Waals surface area contributed by atoms with Gasteiger partial charge in [0, 0.05) is 12.7 Å². The van der Waals surface area contributed by atoms with Gasteiger partial charge >= 0.3 is 0 Å². The number of halogens is 1. The molecule has 0 radical (unpaired) electrons. The van der Waals surface area contributed by atoms with Gasteiger partial charge in [-0.2, -0.15) is 0 Å². The molecule has 0 aliphatic heterocycles. The molecular formula is C14H22FNO2. The topological polar surface area (TPSA) is 30.5 Å². The standard InChI is InChI=1S/C14H22FNO2/c1-5-12(17-3)14(16-6-2)11-9-10(15)7-8-13(11)18-4/h7-9,12,14,16H,5-6H2,1-4H3. The molecule has 1 aromatic carbocycles. The Kier molecular flexibility index (Phi) is 6.09. The maximum Gasteiger partial charge on any atom is 0.123 e. The molecular weight excluding hydrogens is 233 g/mol. The van der Waals surface area contributed by atoms with Crippen LogP contribution in [0.25, 0.3) is 0 Å². The number of ether oxygens (including phenoxy) is 2. The average molecular weight is 255 g/mol. The van der Waals surface area contributed by atoms with Crippen LogP contribution in [-0.4, -0.2) is 26.9 Å². The fourth-order valence-electron chi connectivity index (χ4n) is 2.15. The van der Waals surface area contributed by atoms with Crippen molar-refractivity contribution in [3.8, 4) is 5.75 Å². The SMILES string of the molecule is CCNC(c1cc(F)ccc1OC)C(CC)OC. The fourth-order valence-corrected chi connectivity index (χ4v) is 2.15. The van der Waals surface area contributed by atoms with Crippen LogP contribution in [0.4, 0.5) is 4.39 Å². The summed E-state index contributed by atoms with van der Waals surface area (Å²) in [6.07, 6.45) is 0.828. The molecule has 4 heteroatoms. The highest BCUT2D eigenvalue weighted by Crippen LogP contribution is 2.30. The van der Waals surface area contributed by atoms with E-state index < -0.39 is 0 Å². The van der Waals surface area contributed by atoms with Gasteiger partial charge in [-0.3, -0.25) is 0 Å². The van der Waals surface area contributed by atoms with Gasteiger partial charge in [0.2, 0.25) is 0 Å². The Morgan fingerprint density at radius 3 is 2.50 bits per heavy atom. The summed E-state index contributed by atoms with van der Waals surface area (Å²) in [4.78, 5) is 0. The lowest BCUT2D eigenvalue weighted by molar-refractivity contribution is 0.0647. The molecule has 2 atom stereocenters. The summed E-state index contributed by atoms with van der Waals surface area (Å²) in [5.41, 5.74) is 0.799. The fraction of sp³-hybridized carbons (Fsp3) is 0.571. The van der Waals surface area contributed by atoms with E-state index in [1.807, 2.05) is 13.8 Å². The number of benzene rings is 1. The van der Waals surface area contributed by atoms with E-state index in [1.54, 1.807) is 20.3 Å². The molecule has 0 fully saturated rings. The van der Waals surface area contributed by atoms with Gasteiger partial charge in [0.1, 0.15) is 11.6 Å². The largest absolute Gasteiger partial charge is 0.496 e. The van der Waals surface area contributed by atoms with Crippen LogP contribution in [0.5, 0.6) is 5.75 Å². The van der Waals surface area contributed by atoms with E-state index >= 15 is 0 Å². The van der Waals surface area contributed by atoms with Crippen molar-refractivity contribution < 1.29 is 13.9 Å². The summed E-state index contributed by atoms with van der Waals surface area (Å²) in [7, 11) is 3.26. The van der Waals surface area contributed by atoms with Crippen LogP contribution >= 0.6 is 0 Å². The van der Waals surface area contributed by atoms with E-state index in [0.717, 1.165) is 18.5 Å². The van der Waals surface area contributed by atoms with Gasteiger partial charge in [-0.05, 0) is 31.2 Å². The quantitative estimate of drug-likeness (QED) is 0.812. The van der Waals surface area contributed by atoms with Crippen molar-refractivity contribution in [2.24, 2.45) is 0 Å². The molecule has 0 heterocycles. The van der Waals surface area contributed by atoms with Crippen LogP contribution in [0, 0.1) is 5.82 Å². The number of methoxy groups -OCH3 is 2. The zero-order valence-corrected chi connectivity index (χ0v) is 11.5. The van der Waals surface area contributed by atoms with Gasteiger partial charge < -0.3 is 14.8 Å². The number of hydrogen-bond donors (Lipinski definition) is 1. The summed E-state index contributed by atoms with van der Waals surface area (Å²) < 4.78 is 24.2. The highest BCUT2D eigenvalue weighted by Gasteiger charge is 2.24. The Morgan fingerprint density at radius 1 is 1.28 bits per heavy atom. The minimum Gasteiger partial charge on any atom is -0.496 e. The molecule has 0 bridgehead atoms. The van der Waals surface area contributed by atoms with E-state index in [-0.39, 0.29) is 18.0 Å². The van der Waals surface area contributed by atoms with Crippen molar-refractivity contribution in [1.29, 1.82) is 0 Å². The highest BCUT2D eigenvalue weighted by atomic mass is 19.1. The summed E-state index contributed by atoms with van der Waals surface area (Å²) in [6.45, 7) is 4.84. The number of likely N-dealkylation sites (N-methyl/N-ethyl adjacent to an activating group) is 1. The van der Waals surface area contributed by atoms with Crippen molar-refractivity contribution in [2.75, 3.05) is 20.8 Å². The van der Waals surface area contributed by atoms with Crippen molar-refractivity contribution >= 4 is 0 Å². The lowest BCUT2D eigenvalue weighted by Gasteiger charge is -2.27. The van der Waals surface area contributed by atoms with Gasteiger partial charge in [0.25, 0.3) is 0 Å². The maximum absolute atomic E-state index is 13.4. The first-order valence-electron chi connectivity index (χ1n) is 6.27. The normalized spacial score (nSPS) is 14.3. The maximum atomic E-state index is 13.4. The van der Waals surface area contributed by atoms with Crippen molar-refractivity contribution in [3.05, 3.63) is 29.6 Å². The molecule has 0 spiro atoms. The smallest absolute Gasteiger partial charge is 0.123 e. The second-order valence-corrected chi connectivity index (χ2v) is 4.10. The number of nitrogens with one attached hydrogen (secondary N) is 1. The lowest BCUT2D eigenvalue weighted by Crippen LogP contribution is -2.33. The molecule has 1 N–H and O–H groups in total. The minimum absolute atomic E-state index is 0.0133. The van der Waals surface area contributed by atoms with Crippen LogP contribution in [0.15, 0.2) is 18.2 Å². The predicted molar refractivity (Wildman–Crippen MR) is 70.5 cm³/mol. The molecule has 1 rings (SSSR count). The third-order valence-electron chi connectivity index (χ3n) is 3.03. The summed E-state index contributed by atoms with van der Waals surface area (Å²) in [5.74, 6) is 0.414. The van der Waals surface area contributed by atoms with Gasteiger partial charge in [0.15, 0.2) is 0 Å². The van der Waals surface area contributed by atoms with Gasteiger partial charge in [-0.1, -0.05) is 13.8 Å². The molecule has 0 aromatic heterocycles. The molecule has 0 saturated heterocycles. The molecule has 0 saturated carbocycles.